The van der Waals surface area contributed by atoms with Gasteiger partial charge >= 0.3 is 0 Å². The van der Waals surface area contributed by atoms with Gasteiger partial charge in [0, 0.05) is 38.1 Å². The van der Waals surface area contributed by atoms with E-state index in [1.807, 2.05) is 6.20 Å². The number of thiophene rings is 1. The highest BCUT2D eigenvalue weighted by Crippen LogP contribution is 2.23. The maximum absolute atomic E-state index is 5.86. The molecule has 0 unspecified atom stereocenters. The predicted octanol–water partition coefficient (Wildman–Crippen LogP) is 3.94. The van der Waals surface area contributed by atoms with Crippen molar-refractivity contribution in [2.75, 3.05) is 37.6 Å². The van der Waals surface area contributed by atoms with E-state index < -0.39 is 0 Å². The first kappa shape index (κ1) is 22.0. The van der Waals surface area contributed by atoms with Crippen molar-refractivity contribution in [2.24, 2.45) is 4.99 Å². The van der Waals surface area contributed by atoms with E-state index in [4.69, 9.17) is 9.41 Å². The van der Waals surface area contributed by atoms with E-state index in [0.717, 1.165) is 44.4 Å². The summed E-state index contributed by atoms with van der Waals surface area (Å²) in [5.41, 5.74) is -0.0302. The summed E-state index contributed by atoms with van der Waals surface area (Å²) < 4.78 is 5.86. The van der Waals surface area contributed by atoms with Crippen LogP contribution in [-0.4, -0.2) is 48.6 Å². The maximum Gasteiger partial charge on any atom is 0.216 e. The summed E-state index contributed by atoms with van der Waals surface area (Å²) in [6, 6.07) is 4.30. The molecule has 3 rings (SSSR count). The number of oxazole rings is 1. The lowest BCUT2D eigenvalue weighted by atomic mass is 9.94. The van der Waals surface area contributed by atoms with Crippen LogP contribution in [0.4, 0.5) is 5.00 Å². The van der Waals surface area contributed by atoms with E-state index >= 15 is 0 Å². The number of aromatic nitrogens is 1. The second-order valence-corrected chi connectivity index (χ2v) is 8.39. The van der Waals surface area contributed by atoms with Gasteiger partial charge in [-0.25, -0.2) is 9.98 Å². The van der Waals surface area contributed by atoms with E-state index in [0.29, 0.717) is 12.4 Å². The van der Waals surface area contributed by atoms with Crippen LogP contribution in [0.3, 0.4) is 0 Å². The Kier molecular flexibility index (Phi) is 7.96. The van der Waals surface area contributed by atoms with Gasteiger partial charge in [-0.1, -0.05) is 20.8 Å². The molecule has 1 aliphatic rings. The minimum absolute atomic E-state index is 0. The van der Waals surface area contributed by atoms with Crippen molar-refractivity contribution < 1.29 is 4.42 Å². The van der Waals surface area contributed by atoms with Gasteiger partial charge in [-0.2, -0.15) is 0 Å². The fourth-order valence-corrected chi connectivity index (χ4v) is 3.67. The van der Waals surface area contributed by atoms with Crippen LogP contribution in [-0.2, 0) is 12.0 Å². The molecule has 0 aromatic carbocycles. The van der Waals surface area contributed by atoms with E-state index in [1.54, 1.807) is 11.3 Å². The summed E-state index contributed by atoms with van der Waals surface area (Å²) >= 11 is 1.80. The number of hydrogen-bond donors (Lipinski definition) is 1. The zero-order chi connectivity index (χ0) is 18.6. The molecule has 2 aromatic heterocycles. The molecule has 0 saturated carbocycles. The molecule has 150 valence electrons. The third kappa shape index (κ3) is 5.84. The number of nitrogens with one attached hydrogen (secondary N) is 1. The highest BCUT2D eigenvalue weighted by Gasteiger charge is 2.21. The molecule has 0 atom stereocenters. The Morgan fingerprint density at radius 2 is 2.04 bits per heavy atom. The van der Waals surface area contributed by atoms with Gasteiger partial charge in [0.25, 0.3) is 0 Å². The second kappa shape index (κ2) is 9.77. The van der Waals surface area contributed by atoms with Crippen LogP contribution in [0.15, 0.2) is 33.1 Å². The lowest BCUT2D eigenvalue weighted by Crippen LogP contribution is -2.52. The highest BCUT2D eigenvalue weighted by atomic mass is 127. The van der Waals surface area contributed by atoms with Crippen molar-refractivity contribution in [3.05, 3.63) is 35.4 Å². The first-order valence-corrected chi connectivity index (χ1v) is 10.1. The van der Waals surface area contributed by atoms with Gasteiger partial charge in [-0.05, 0) is 24.4 Å². The van der Waals surface area contributed by atoms with Gasteiger partial charge in [-0.3, -0.25) is 0 Å². The Bertz CT molecular complexity index is 715. The number of halogens is 1. The monoisotopic (exact) mass is 503 g/mol. The summed E-state index contributed by atoms with van der Waals surface area (Å²) in [6.45, 7) is 13.7. The topological polar surface area (TPSA) is 56.9 Å². The molecule has 1 aliphatic heterocycles. The first-order chi connectivity index (χ1) is 12.5. The average Bonchev–Trinajstić information content (AvgIpc) is 3.30. The van der Waals surface area contributed by atoms with E-state index in [-0.39, 0.29) is 29.4 Å². The minimum atomic E-state index is -0.0302. The average molecular weight is 503 g/mol. The third-order valence-electron chi connectivity index (χ3n) is 4.39. The molecule has 0 aliphatic carbocycles. The van der Waals surface area contributed by atoms with Crippen molar-refractivity contribution >= 4 is 46.3 Å². The molecule has 2 aromatic rings. The minimum Gasteiger partial charge on any atom is -0.443 e. The van der Waals surface area contributed by atoms with Crippen LogP contribution >= 0.6 is 35.3 Å². The smallest absolute Gasteiger partial charge is 0.216 e. The first-order valence-electron chi connectivity index (χ1n) is 9.24. The molecule has 1 N–H and O–H groups in total. The molecule has 0 amide bonds. The van der Waals surface area contributed by atoms with Crippen LogP contribution in [0.2, 0.25) is 0 Å². The highest BCUT2D eigenvalue weighted by molar-refractivity contribution is 14.0. The largest absolute Gasteiger partial charge is 0.443 e. The van der Waals surface area contributed by atoms with E-state index in [9.17, 15) is 0 Å². The molecule has 8 heteroatoms. The van der Waals surface area contributed by atoms with Crippen LogP contribution in [0.5, 0.6) is 0 Å². The Balaban J connectivity index is 0.00000261. The maximum atomic E-state index is 5.86. The van der Waals surface area contributed by atoms with Gasteiger partial charge in [0.15, 0.2) is 5.96 Å². The summed E-state index contributed by atoms with van der Waals surface area (Å²) in [6.07, 6.45) is 1.82. The third-order valence-corrected chi connectivity index (χ3v) is 5.32. The molecule has 0 bridgehead atoms. The molecular weight excluding hydrogens is 473 g/mol. The number of rotatable bonds is 4. The van der Waals surface area contributed by atoms with Crippen molar-refractivity contribution in [1.29, 1.82) is 0 Å². The number of nitrogens with zero attached hydrogens (tertiary/aromatic N) is 4. The van der Waals surface area contributed by atoms with Gasteiger partial charge in [0.05, 0.1) is 11.2 Å². The Morgan fingerprint density at radius 3 is 2.59 bits per heavy atom. The Hall–Kier alpha value is -1.29. The molecule has 3 heterocycles. The lowest BCUT2D eigenvalue weighted by molar-refractivity contribution is 0.367. The van der Waals surface area contributed by atoms with Crippen molar-refractivity contribution in [3.63, 3.8) is 0 Å². The van der Waals surface area contributed by atoms with E-state index in [1.165, 1.54) is 5.00 Å². The van der Waals surface area contributed by atoms with Gasteiger partial charge in [0.1, 0.15) is 12.3 Å². The normalized spacial score (nSPS) is 15.6. The Labute approximate surface area is 183 Å². The predicted molar refractivity (Wildman–Crippen MR) is 124 cm³/mol. The molecule has 0 spiro atoms. The van der Waals surface area contributed by atoms with Gasteiger partial charge < -0.3 is 19.5 Å². The number of aliphatic imine (C=N–C) groups is 1. The SMILES string of the molecule is CCNC(=NCc1ncc(C(C)(C)C)o1)N1CCN(c2cccs2)CC1.I. The molecule has 0 radical (unpaired) electrons. The molecule has 27 heavy (non-hydrogen) atoms. The number of hydrogen-bond acceptors (Lipinski definition) is 5. The number of guanidine groups is 1. The van der Waals surface area contributed by atoms with Crippen LogP contribution in [0.1, 0.15) is 39.3 Å². The zero-order valence-corrected chi connectivity index (χ0v) is 19.7. The zero-order valence-electron chi connectivity index (χ0n) is 16.6. The van der Waals surface area contributed by atoms with Gasteiger partial charge in [-0.15, -0.1) is 35.3 Å². The summed E-state index contributed by atoms with van der Waals surface area (Å²) in [7, 11) is 0. The summed E-state index contributed by atoms with van der Waals surface area (Å²) in [5.74, 6) is 2.51. The summed E-state index contributed by atoms with van der Waals surface area (Å²) in [5, 5.41) is 6.88. The van der Waals surface area contributed by atoms with Crippen LogP contribution in [0, 0.1) is 0 Å². The molecular formula is C19H30IN5OS. The fraction of sp³-hybridized carbons (Fsp3) is 0.579. The van der Waals surface area contributed by atoms with Crippen LogP contribution in [0.25, 0.3) is 0 Å². The van der Waals surface area contributed by atoms with Crippen molar-refractivity contribution in [3.8, 4) is 0 Å². The lowest BCUT2D eigenvalue weighted by Gasteiger charge is -2.37. The van der Waals surface area contributed by atoms with E-state index in [2.05, 4.69) is 65.3 Å². The van der Waals surface area contributed by atoms with Gasteiger partial charge in [0.2, 0.25) is 5.89 Å². The number of piperazine rings is 1. The van der Waals surface area contributed by atoms with Crippen LogP contribution < -0.4 is 10.2 Å². The standard InChI is InChI=1S/C19H29N5OS.HI/c1-5-20-18(22-14-16-21-13-15(25-16)19(2,3)4)24-10-8-23(9-11-24)17-7-6-12-26-17;/h6-7,12-13H,5,8-11,14H2,1-4H3,(H,20,22);1H. The number of anilines is 1. The molecule has 6 nitrogen and oxygen atoms in total. The fourth-order valence-electron chi connectivity index (χ4n) is 2.89. The second-order valence-electron chi connectivity index (χ2n) is 7.46. The molecule has 1 fully saturated rings. The quantitative estimate of drug-likeness (QED) is 0.389. The Morgan fingerprint density at radius 1 is 1.30 bits per heavy atom. The van der Waals surface area contributed by atoms with Crippen molar-refractivity contribution in [1.82, 2.24) is 15.2 Å². The molecule has 1 saturated heterocycles. The van der Waals surface area contributed by atoms with Crippen molar-refractivity contribution in [2.45, 2.75) is 39.7 Å². The summed E-state index contributed by atoms with van der Waals surface area (Å²) in [4.78, 5) is 13.9.